The van der Waals surface area contributed by atoms with Gasteiger partial charge in [-0.25, -0.2) is 0 Å². The Morgan fingerprint density at radius 2 is 2.17 bits per heavy atom. The van der Waals surface area contributed by atoms with E-state index in [9.17, 15) is 0 Å². The zero-order chi connectivity index (χ0) is 16.3. The highest BCUT2D eigenvalue weighted by molar-refractivity contribution is 14.0. The molecule has 1 saturated heterocycles. The lowest BCUT2D eigenvalue weighted by molar-refractivity contribution is 0.0888. The maximum atomic E-state index is 5.70. The third-order valence-corrected chi connectivity index (χ3v) is 4.07. The average Bonchev–Trinajstić information content (AvgIpc) is 3.08. The Morgan fingerprint density at radius 3 is 2.88 bits per heavy atom. The van der Waals surface area contributed by atoms with Crippen molar-refractivity contribution in [2.75, 3.05) is 40.0 Å². The molecule has 2 rings (SSSR count). The number of ether oxygens (including phenoxy) is 2. The van der Waals surface area contributed by atoms with Crippen molar-refractivity contribution in [1.82, 2.24) is 10.6 Å². The Morgan fingerprint density at radius 1 is 1.33 bits per heavy atom. The van der Waals surface area contributed by atoms with Gasteiger partial charge in [-0.2, -0.15) is 0 Å². The summed E-state index contributed by atoms with van der Waals surface area (Å²) in [4.78, 5) is 4.25. The lowest BCUT2D eigenvalue weighted by Crippen LogP contribution is -2.37. The molecule has 1 aliphatic heterocycles. The first-order chi connectivity index (χ1) is 11.3. The van der Waals surface area contributed by atoms with Crippen LogP contribution >= 0.6 is 24.0 Å². The predicted molar refractivity (Wildman–Crippen MR) is 109 cm³/mol. The lowest BCUT2D eigenvalue weighted by Gasteiger charge is -2.13. The number of halogens is 1. The molecule has 0 aliphatic carbocycles. The minimum absolute atomic E-state index is 0. The van der Waals surface area contributed by atoms with Gasteiger partial charge in [0.2, 0.25) is 0 Å². The number of guanidine groups is 1. The molecule has 1 atom stereocenters. The van der Waals surface area contributed by atoms with E-state index < -0.39 is 0 Å². The van der Waals surface area contributed by atoms with E-state index in [0.717, 1.165) is 58.3 Å². The highest BCUT2D eigenvalue weighted by Crippen LogP contribution is 2.12. The Balaban J connectivity index is 0.00000288. The summed E-state index contributed by atoms with van der Waals surface area (Å²) in [7, 11) is 1.80. The zero-order valence-corrected chi connectivity index (χ0v) is 17.0. The molecule has 1 unspecified atom stereocenters. The van der Waals surface area contributed by atoms with Crippen LogP contribution in [0, 0.1) is 12.8 Å². The number of benzene rings is 1. The summed E-state index contributed by atoms with van der Waals surface area (Å²) in [6, 6.07) is 8.38. The van der Waals surface area contributed by atoms with Crippen LogP contribution in [-0.4, -0.2) is 46.0 Å². The normalized spacial score (nSPS) is 17.4. The first-order valence-electron chi connectivity index (χ1n) is 8.44. The van der Waals surface area contributed by atoms with Crippen molar-refractivity contribution in [1.29, 1.82) is 0 Å². The lowest BCUT2D eigenvalue weighted by atomic mass is 10.1. The third-order valence-electron chi connectivity index (χ3n) is 4.07. The van der Waals surface area contributed by atoms with Crippen LogP contribution in [0.4, 0.5) is 0 Å². The van der Waals surface area contributed by atoms with Crippen LogP contribution in [0.1, 0.15) is 24.0 Å². The molecule has 136 valence electrons. The van der Waals surface area contributed by atoms with E-state index in [-0.39, 0.29) is 24.0 Å². The van der Waals surface area contributed by atoms with Crippen molar-refractivity contribution < 1.29 is 9.47 Å². The molecule has 0 bridgehead atoms. The fraction of sp³-hybridized carbons (Fsp3) is 0.611. The van der Waals surface area contributed by atoms with Gasteiger partial charge >= 0.3 is 0 Å². The SMILES string of the molecule is CN=C(NCCCOCC1CCOC1)NCc1ccccc1C.I. The topological polar surface area (TPSA) is 54.9 Å². The van der Waals surface area contributed by atoms with Gasteiger partial charge in [0, 0.05) is 39.3 Å². The van der Waals surface area contributed by atoms with Crippen LogP contribution in [-0.2, 0) is 16.0 Å². The van der Waals surface area contributed by atoms with Gasteiger partial charge in [-0.05, 0) is 30.9 Å². The molecule has 0 radical (unpaired) electrons. The first kappa shape index (κ1) is 21.2. The highest BCUT2D eigenvalue weighted by Gasteiger charge is 2.15. The molecule has 0 saturated carbocycles. The van der Waals surface area contributed by atoms with E-state index in [0.29, 0.717) is 5.92 Å². The van der Waals surface area contributed by atoms with Gasteiger partial charge in [0.25, 0.3) is 0 Å². The minimum atomic E-state index is 0. The van der Waals surface area contributed by atoms with Crippen molar-refractivity contribution in [3.63, 3.8) is 0 Å². The number of aryl methyl sites for hydroxylation is 1. The fourth-order valence-electron chi connectivity index (χ4n) is 2.55. The van der Waals surface area contributed by atoms with Crippen molar-refractivity contribution in [3.8, 4) is 0 Å². The number of hydrogen-bond donors (Lipinski definition) is 2. The molecule has 5 nitrogen and oxygen atoms in total. The summed E-state index contributed by atoms with van der Waals surface area (Å²) in [5.41, 5.74) is 2.58. The molecule has 1 fully saturated rings. The van der Waals surface area contributed by atoms with E-state index in [4.69, 9.17) is 9.47 Å². The van der Waals surface area contributed by atoms with E-state index in [2.05, 4.69) is 46.8 Å². The van der Waals surface area contributed by atoms with Gasteiger partial charge in [0.05, 0.1) is 13.2 Å². The standard InChI is InChI=1S/C18H29N3O2.HI/c1-15-6-3-4-7-17(15)12-21-18(19-2)20-9-5-10-22-13-16-8-11-23-14-16;/h3-4,6-7,16H,5,8-14H2,1-2H3,(H2,19,20,21);1H. The Hall–Kier alpha value is -0.860. The molecule has 1 heterocycles. The van der Waals surface area contributed by atoms with E-state index >= 15 is 0 Å². The average molecular weight is 447 g/mol. The van der Waals surface area contributed by atoms with Crippen LogP contribution < -0.4 is 10.6 Å². The summed E-state index contributed by atoms with van der Waals surface area (Å²) >= 11 is 0. The summed E-state index contributed by atoms with van der Waals surface area (Å²) in [5.74, 6) is 1.42. The van der Waals surface area contributed by atoms with Gasteiger partial charge in [-0.3, -0.25) is 4.99 Å². The Kier molecular flexibility index (Phi) is 11.0. The van der Waals surface area contributed by atoms with Gasteiger partial charge in [0.15, 0.2) is 5.96 Å². The second-order valence-corrected chi connectivity index (χ2v) is 5.94. The third kappa shape index (κ3) is 7.81. The van der Waals surface area contributed by atoms with E-state index in [1.54, 1.807) is 7.05 Å². The maximum absolute atomic E-state index is 5.70. The van der Waals surface area contributed by atoms with E-state index in [1.807, 2.05) is 0 Å². The Labute approximate surface area is 162 Å². The molecule has 0 spiro atoms. The minimum Gasteiger partial charge on any atom is -0.381 e. The molecule has 1 aromatic rings. The number of nitrogens with zero attached hydrogens (tertiary/aromatic N) is 1. The summed E-state index contributed by atoms with van der Waals surface area (Å²) < 4.78 is 11.0. The smallest absolute Gasteiger partial charge is 0.191 e. The van der Waals surface area contributed by atoms with Gasteiger partial charge in [0.1, 0.15) is 0 Å². The predicted octanol–water partition coefficient (Wildman–Crippen LogP) is 2.72. The number of rotatable bonds is 8. The summed E-state index contributed by atoms with van der Waals surface area (Å²) in [6.45, 7) is 7.10. The Bertz CT molecular complexity index is 491. The number of aliphatic imine (C=N–C) groups is 1. The number of hydrogen-bond acceptors (Lipinski definition) is 3. The monoisotopic (exact) mass is 447 g/mol. The first-order valence-corrected chi connectivity index (χ1v) is 8.44. The number of nitrogens with one attached hydrogen (secondary N) is 2. The fourth-order valence-corrected chi connectivity index (χ4v) is 2.55. The highest BCUT2D eigenvalue weighted by atomic mass is 127. The van der Waals surface area contributed by atoms with Crippen LogP contribution in [0.3, 0.4) is 0 Å². The molecule has 2 N–H and O–H groups in total. The van der Waals surface area contributed by atoms with Gasteiger partial charge in [-0.15, -0.1) is 24.0 Å². The van der Waals surface area contributed by atoms with Crippen molar-refractivity contribution in [2.45, 2.75) is 26.3 Å². The van der Waals surface area contributed by atoms with Gasteiger partial charge in [-0.1, -0.05) is 24.3 Å². The molecular formula is C18H30IN3O2. The van der Waals surface area contributed by atoms with Crippen LogP contribution in [0.5, 0.6) is 0 Å². The van der Waals surface area contributed by atoms with Crippen molar-refractivity contribution in [3.05, 3.63) is 35.4 Å². The largest absolute Gasteiger partial charge is 0.381 e. The maximum Gasteiger partial charge on any atom is 0.191 e. The molecule has 6 heteroatoms. The summed E-state index contributed by atoms with van der Waals surface area (Å²) in [6.07, 6.45) is 2.10. The zero-order valence-electron chi connectivity index (χ0n) is 14.7. The van der Waals surface area contributed by atoms with Crippen LogP contribution in [0.25, 0.3) is 0 Å². The molecule has 24 heavy (non-hydrogen) atoms. The quantitative estimate of drug-likeness (QED) is 0.279. The van der Waals surface area contributed by atoms with Gasteiger partial charge < -0.3 is 20.1 Å². The molecular weight excluding hydrogens is 417 g/mol. The van der Waals surface area contributed by atoms with Crippen LogP contribution in [0.15, 0.2) is 29.3 Å². The van der Waals surface area contributed by atoms with Crippen LogP contribution in [0.2, 0.25) is 0 Å². The van der Waals surface area contributed by atoms with Crippen molar-refractivity contribution >= 4 is 29.9 Å². The second kappa shape index (κ2) is 12.5. The molecule has 1 aliphatic rings. The molecule has 1 aromatic carbocycles. The van der Waals surface area contributed by atoms with Crippen molar-refractivity contribution in [2.24, 2.45) is 10.9 Å². The molecule has 0 aromatic heterocycles. The molecule has 0 amide bonds. The van der Waals surface area contributed by atoms with E-state index in [1.165, 1.54) is 11.1 Å². The second-order valence-electron chi connectivity index (χ2n) is 5.94. The summed E-state index contributed by atoms with van der Waals surface area (Å²) in [5, 5.41) is 6.67.